The van der Waals surface area contributed by atoms with Gasteiger partial charge in [0.15, 0.2) is 0 Å². The summed E-state index contributed by atoms with van der Waals surface area (Å²) in [5.41, 5.74) is 5.56. The van der Waals surface area contributed by atoms with Crippen molar-refractivity contribution < 1.29 is 13.9 Å². The molecule has 23 heavy (non-hydrogen) atoms. The predicted molar refractivity (Wildman–Crippen MR) is 86.0 cm³/mol. The molecule has 2 aromatic rings. The Morgan fingerprint density at radius 2 is 2.17 bits per heavy atom. The standard InChI is InChI=1S/C15H19FN4O2S/c1-2-13-19-20-14(23-13)9-18-15(21)11-8-10(16)4-5-12(11)22-7-3-6-17/h4-5,8H,2-3,6-7,9,17H2,1H3,(H,18,21). The molecule has 0 aliphatic carbocycles. The van der Waals surface area contributed by atoms with Crippen molar-refractivity contribution in [3.63, 3.8) is 0 Å². The van der Waals surface area contributed by atoms with E-state index in [2.05, 4.69) is 15.5 Å². The maximum atomic E-state index is 13.4. The first-order valence-corrected chi connectivity index (χ1v) is 8.17. The quantitative estimate of drug-likeness (QED) is 0.718. The topological polar surface area (TPSA) is 90.1 Å². The lowest BCUT2D eigenvalue weighted by atomic mass is 10.2. The Morgan fingerprint density at radius 1 is 1.39 bits per heavy atom. The van der Waals surface area contributed by atoms with E-state index in [1.54, 1.807) is 0 Å². The van der Waals surface area contributed by atoms with Crippen molar-refractivity contribution in [1.82, 2.24) is 15.5 Å². The van der Waals surface area contributed by atoms with Crippen LogP contribution in [0.5, 0.6) is 5.75 Å². The first-order chi connectivity index (χ1) is 11.1. The summed E-state index contributed by atoms with van der Waals surface area (Å²) in [6.45, 7) is 3.09. The highest BCUT2D eigenvalue weighted by Gasteiger charge is 2.14. The van der Waals surface area contributed by atoms with Crippen molar-refractivity contribution in [1.29, 1.82) is 0 Å². The van der Waals surface area contributed by atoms with Crippen LogP contribution >= 0.6 is 11.3 Å². The highest BCUT2D eigenvalue weighted by molar-refractivity contribution is 7.11. The molecule has 1 aromatic carbocycles. The Morgan fingerprint density at radius 3 is 2.87 bits per heavy atom. The maximum absolute atomic E-state index is 13.4. The monoisotopic (exact) mass is 338 g/mol. The minimum atomic E-state index is -0.495. The Hall–Kier alpha value is -2.06. The molecule has 1 amide bonds. The van der Waals surface area contributed by atoms with Crippen LogP contribution in [-0.4, -0.2) is 29.3 Å². The molecule has 0 fully saturated rings. The van der Waals surface area contributed by atoms with E-state index in [-0.39, 0.29) is 12.1 Å². The Bertz CT molecular complexity index is 663. The van der Waals surface area contributed by atoms with Crippen LogP contribution in [0.2, 0.25) is 0 Å². The lowest BCUT2D eigenvalue weighted by molar-refractivity contribution is 0.0946. The van der Waals surface area contributed by atoms with Crippen molar-refractivity contribution in [2.45, 2.75) is 26.3 Å². The second-order valence-electron chi connectivity index (χ2n) is 4.76. The van der Waals surface area contributed by atoms with Crippen LogP contribution in [0.15, 0.2) is 18.2 Å². The van der Waals surface area contributed by atoms with E-state index in [4.69, 9.17) is 10.5 Å². The summed E-state index contributed by atoms with van der Waals surface area (Å²) in [5, 5.41) is 12.3. The molecule has 0 atom stereocenters. The molecule has 0 saturated carbocycles. The number of rotatable bonds is 8. The number of aromatic nitrogens is 2. The number of hydrogen-bond acceptors (Lipinski definition) is 6. The minimum Gasteiger partial charge on any atom is -0.493 e. The van der Waals surface area contributed by atoms with Gasteiger partial charge in [0.25, 0.3) is 5.91 Å². The second kappa shape index (κ2) is 8.54. The molecule has 0 spiro atoms. The third-order valence-corrected chi connectivity index (χ3v) is 4.07. The number of benzene rings is 1. The van der Waals surface area contributed by atoms with Crippen molar-refractivity contribution in [2.75, 3.05) is 13.2 Å². The number of nitrogens with one attached hydrogen (secondary N) is 1. The van der Waals surface area contributed by atoms with Gasteiger partial charge in [-0.1, -0.05) is 18.3 Å². The number of hydrogen-bond donors (Lipinski definition) is 2. The Kier molecular flexibility index (Phi) is 6.42. The molecular weight excluding hydrogens is 319 g/mol. The zero-order valence-electron chi connectivity index (χ0n) is 12.8. The fourth-order valence-corrected chi connectivity index (χ4v) is 2.55. The molecule has 2 rings (SSSR count). The van der Waals surface area contributed by atoms with Crippen LogP contribution in [0, 0.1) is 5.82 Å². The minimum absolute atomic E-state index is 0.155. The lowest BCUT2D eigenvalue weighted by Gasteiger charge is -2.11. The molecule has 0 unspecified atom stereocenters. The smallest absolute Gasteiger partial charge is 0.255 e. The molecule has 0 radical (unpaired) electrons. The first kappa shape index (κ1) is 17.3. The molecule has 3 N–H and O–H groups in total. The summed E-state index contributed by atoms with van der Waals surface area (Å²) in [7, 11) is 0. The van der Waals surface area contributed by atoms with Crippen molar-refractivity contribution in [3.8, 4) is 5.75 Å². The summed E-state index contributed by atoms with van der Waals surface area (Å²) >= 11 is 1.44. The second-order valence-corrected chi connectivity index (χ2v) is 5.90. The summed E-state index contributed by atoms with van der Waals surface area (Å²) in [4.78, 5) is 12.3. The molecule has 124 valence electrons. The van der Waals surface area contributed by atoms with Crippen molar-refractivity contribution >= 4 is 17.2 Å². The number of nitrogens with two attached hydrogens (primary N) is 1. The number of carbonyl (C=O) groups excluding carboxylic acids is 1. The summed E-state index contributed by atoms with van der Waals surface area (Å²) in [6, 6.07) is 3.86. The van der Waals surface area contributed by atoms with Gasteiger partial charge in [0, 0.05) is 0 Å². The predicted octanol–water partition coefficient (Wildman–Crippen LogP) is 1.90. The average Bonchev–Trinajstić information content (AvgIpc) is 3.02. The fraction of sp³-hybridized carbons (Fsp3) is 0.400. The van der Waals surface area contributed by atoms with Gasteiger partial charge < -0.3 is 15.8 Å². The SMILES string of the molecule is CCc1nnc(CNC(=O)c2cc(F)ccc2OCCCN)s1. The van der Waals surface area contributed by atoms with Crippen LogP contribution in [0.25, 0.3) is 0 Å². The molecule has 0 bridgehead atoms. The van der Waals surface area contributed by atoms with Gasteiger partial charge in [-0.2, -0.15) is 0 Å². The zero-order valence-corrected chi connectivity index (χ0v) is 13.7. The van der Waals surface area contributed by atoms with E-state index < -0.39 is 11.7 Å². The highest BCUT2D eigenvalue weighted by atomic mass is 32.1. The van der Waals surface area contributed by atoms with Gasteiger partial charge in [-0.15, -0.1) is 10.2 Å². The average molecular weight is 338 g/mol. The van der Waals surface area contributed by atoms with Crippen LogP contribution < -0.4 is 15.8 Å². The van der Waals surface area contributed by atoms with E-state index in [9.17, 15) is 9.18 Å². The molecule has 0 aliphatic rings. The maximum Gasteiger partial charge on any atom is 0.255 e. The third kappa shape index (κ3) is 4.97. The summed E-state index contributed by atoms with van der Waals surface area (Å²) in [5.74, 6) is -0.574. The van der Waals surface area contributed by atoms with E-state index in [0.717, 1.165) is 17.5 Å². The number of halogens is 1. The van der Waals surface area contributed by atoms with Gasteiger partial charge in [-0.25, -0.2) is 4.39 Å². The van der Waals surface area contributed by atoms with E-state index >= 15 is 0 Å². The van der Waals surface area contributed by atoms with Gasteiger partial charge in [-0.3, -0.25) is 4.79 Å². The molecule has 1 aromatic heterocycles. The number of amides is 1. The highest BCUT2D eigenvalue weighted by Crippen LogP contribution is 2.20. The van der Waals surface area contributed by atoms with Gasteiger partial charge in [0.1, 0.15) is 21.6 Å². The normalized spacial score (nSPS) is 10.6. The number of carbonyl (C=O) groups is 1. The number of nitrogens with zero attached hydrogens (tertiary/aromatic N) is 2. The molecule has 1 heterocycles. The third-order valence-electron chi connectivity index (χ3n) is 3.00. The molecule has 0 saturated heterocycles. The van der Waals surface area contributed by atoms with Gasteiger partial charge in [0.2, 0.25) is 0 Å². The van der Waals surface area contributed by atoms with Crippen LogP contribution in [0.1, 0.15) is 33.7 Å². The fourth-order valence-electron chi connectivity index (χ4n) is 1.82. The molecular formula is C15H19FN4O2S. The van der Waals surface area contributed by atoms with E-state index in [1.165, 1.54) is 23.5 Å². The van der Waals surface area contributed by atoms with Crippen LogP contribution in [0.3, 0.4) is 0 Å². The van der Waals surface area contributed by atoms with Crippen LogP contribution in [-0.2, 0) is 13.0 Å². The molecule has 0 aliphatic heterocycles. The van der Waals surface area contributed by atoms with Crippen molar-refractivity contribution in [2.24, 2.45) is 5.73 Å². The van der Waals surface area contributed by atoms with E-state index in [1.807, 2.05) is 6.92 Å². The largest absolute Gasteiger partial charge is 0.493 e. The van der Waals surface area contributed by atoms with Crippen LogP contribution in [0.4, 0.5) is 4.39 Å². The van der Waals surface area contributed by atoms with E-state index in [0.29, 0.717) is 30.3 Å². The summed E-state index contributed by atoms with van der Waals surface area (Å²) in [6.07, 6.45) is 1.46. The summed E-state index contributed by atoms with van der Waals surface area (Å²) < 4.78 is 18.9. The van der Waals surface area contributed by atoms with Gasteiger partial charge >= 0.3 is 0 Å². The van der Waals surface area contributed by atoms with Gasteiger partial charge in [0.05, 0.1) is 18.7 Å². The first-order valence-electron chi connectivity index (χ1n) is 7.36. The Labute approximate surface area is 137 Å². The molecule has 6 nitrogen and oxygen atoms in total. The van der Waals surface area contributed by atoms with Gasteiger partial charge in [-0.05, 0) is 37.6 Å². The number of ether oxygens (including phenoxy) is 1. The van der Waals surface area contributed by atoms with Crippen molar-refractivity contribution in [3.05, 3.63) is 39.6 Å². The Balaban J connectivity index is 2.03. The number of aryl methyl sites for hydroxylation is 1. The lowest BCUT2D eigenvalue weighted by Crippen LogP contribution is -2.23. The zero-order chi connectivity index (χ0) is 16.7. The molecule has 8 heteroatoms.